The molecule has 0 unspecified atom stereocenters. The van der Waals surface area contributed by atoms with Crippen LogP contribution in [0.15, 0.2) is 60.0 Å². The van der Waals surface area contributed by atoms with Crippen molar-refractivity contribution in [1.29, 1.82) is 0 Å². The van der Waals surface area contributed by atoms with Gasteiger partial charge < -0.3 is 5.32 Å². The molecule has 1 heterocycles. The summed E-state index contributed by atoms with van der Waals surface area (Å²) in [7, 11) is 0. The Hall–Kier alpha value is -3.06. The van der Waals surface area contributed by atoms with Gasteiger partial charge >= 0.3 is 0 Å². The number of amides is 1. The Morgan fingerprint density at radius 3 is 2.72 bits per heavy atom. The second-order valence-corrected chi connectivity index (χ2v) is 6.18. The van der Waals surface area contributed by atoms with Crippen molar-refractivity contribution in [3.05, 3.63) is 81.3 Å². The van der Waals surface area contributed by atoms with Gasteiger partial charge in [-0.3, -0.25) is 14.9 Å². The maximum absolute atomic E-state index is 12.1. The second-order valence-electron chi connectivity index (χ2n) is 5.32. The van der Waals surface area contributed by atoms with Crippen LogP contribution in [0.2, 0.25) is 0 Å². The third kappa shape index (κ3) is 4.27. The number of rotatable bonds is 6. The highest BCUT2D eigenvalue weighted by molar-refractivity contribution is 7.13. The van der Waals surface area contributed by atoms with E-state index >= 15 is 0 Å². The molecular formula is C18H15N3O3S. The highest BCUT2D eigenvalue weighted by Crippen LogP contribution is 2.23. The lowest BCUT2D eigenvalue weighted by Crippen LogP contribution is -2.25. The van der Waals surface area contributed by atoms with Gasteiger partial charge in [-0.15, -0.1) is 11.3 Å². The Morgan fingerprint density at radius 2 is 1.96 bits per heavy atom. The van der Waals surface area contributed by atoms with Crippen LogP contribution in [0.1, 0.15) is 16.1 Å². The molecule has 0 aliphatic rings. The summed E-state index contributed by atoms with van der Waals surface area (Å²) < 4.78 is 0. The van der Waals surface area contributed by atoms with Gasteiger partial charge in [-0.25, -0.2) is 4.98 Å². The monoisotopic (exact) mass is 353 g/mol. The molecule has 0 spiro atoms. The molecule has 0 aliphatic heterocycles. The van der Waals surface area contributed by atoms with Crippen LogP contribution in [0.25, 0.3) is 10.6 Å². The molecule has 0 saturated heterocycles. The van der Waals surface area contributed by atoms with E-state index < -0.39 is 4.92 Å². The predicted molar refractivity (Wildman–Crippen MR) is 96.7 cm³/mol. The van der Waals surface area contributed by atoms with Crippen molar-refractivity contribution in [2.24, 2.45) is 0 Å². The molecule has 1 amide bonds. The van der Waals surface area contributed by atoms with Crippen LogP contribution in [0.3, 0.4) is 0 Å². The first-order chi connectivity index (χ1) is 12.1. The number of nitrogens with zero attached hydrogens (tertiary/aromatic N) is 2. The van der Waals surface area contributed by atoms with Gasteiger partial charge in [0.25, 0.3) is 11.6 Å². The van der Waals surface area contributed by atoms with Crippen molar-refractivity contribution in [2.75, 3.05) is 6.54 Å². The third-order valence-electron chi connectivity index (χ3n) is 3.56. The van der Waals surface area contributed by atoms with E-state index in [1.165, 1.54) is 18.2 Å². The summed E-state index contributed by atoms with van der Waals surface area (Å²) >= 11 is 1.56. The van der Waals surface area contributed by atoms with Gasteiger partial charge in [0, 0.05) is 41.6 Å². The zero-order chi connectivity index (χ0) is 17.6. The molecule has 1 N–H and O–H groups in total. The van der Waals surface area contributed by atoms with Gasteiger partial charge in [-0.2, -0.15) is 0 Å². The first-order valence-corrected chi connectivity index (χ1v) is 8.54. The van der Waals surface area contributed by atoms with Crippen LogP contribution in [0.4, 0.5) is 5.69 Å². The first kappa shape index (κ1) is 16.8. The Balaban J connectivity index is 1.56. The molecule has 6 nitrogen and oxygen atoms in total. The van der Waals surface area contributed by atoms with E-state index in [2.05, 4.69) is 10.3 Å². The molecule has 1 aromatic heterocycles. The van der Waals surface area contributed by atoms with Crippen LogP contribution >= 0.6 is 11.3 Å². The van der Waals surface area contributed by atoms with Gasteiger partial charge in [-0.05, 0) is 6.07 Å². The van der Waals surface area contributed by atoms with Gasteiger partial charge in [0.2, 0.25) is 0 Å². The smallest absolute Gasteiger partial charge is 0.270 e. The van der Waals surface area contributed by atoms with Gasteiger partial charge in [0.15, 0.2) is 0 Å². The molecule has 0 saturated carbocycles. The summed E-state index contributed by atoms with van der Waals surface area (Å²) in [6, 6.07) is 15.6. The fourth-order valence-electron chi connectivity index (χ4n) is 2.30. The van der Waals surface area contributed by atoms with E-state index in [1.807, 2.05) is 35.7 Å². The van der Waals surface area contributed by atoms with Crippen LogP contribution in [-0.4, -0.2) is 22.4 Å². The Labute approximate surface area is 148 Å². The summed E-state index contributed by atoms with van der Waals surface area (Å²) in [5.41, 5.74) is 2.15. The van der Waals surface area contributed by atoms with Crippen molar-refractivity contribution in [3.63, 3.8) is 0 Å². The molecule has 3 aromatic rings. The van der Waals surface area contributed by atoms with Crippen molar-refractivity contribution >= 4 is 22.9 Å². The summed E-state index contributed by atoms with van der Waals surface area (Å²) in [5.74, 6) is -0.331. The lowest BCUT2D eigenvalue weighted by atomic mass is 10.2. The van der Waals surface area contributed by atoms with E-state index in [1.54, 1.807) is 17.4 Å². The minimum absolute atomic E-state index is 0.0975. The van der Waals surface area contributed by atoms with Crippen molar-refractivity contribution in [2.45, 2.75) is 6.42 Å². The average Bonchev–Trinajstić information content (AvgIpc) is 3.11. The molecule has 7 heteroatoms. The number of nitro groups is 1. The highest BCUT2D eigenvalue weighted by atomic mass is 32.1. The molecule has 126 valence electrons. The summed E-state index contributed by atoms with van der Waals surface area (Å²) in [4.78, 5) is 26.9. The third-order valence-corrected chi connectivity index (χ3v) is 4.50. The van der Waals surface area contributed by atoms with E-state index in [-0.39, 0.29) is 17.2 Å². The molecule has 25 heavy (non-hydrogen) atoms. The van der Waals surface area contributed by atoms with E-state index in [0.29, 0.717) is 13.0 Å². The number of carbonyl (C=O) groups is 1. The van der Waals surface area contributed by atoms with E-state index in [4.69, 9.17) is 0 Å². The summed E-state index contributed by atoms with van der Waals surface area (Å²) in [6.45, 7) is 0.416. The molecule has 2 aromatic carbocycles. The van der Waals surface area contributed by atoms with Crippen molar-refractivity contribution < 1.29 is 9.72 Å². The van der Waals surface area contributed by atoms with Crippen molar-refractivity contribution in [3.8, 4) is 10.6 Å². The zero-order valence-corrected chi connectivity index (χ0v) is 14.0. The standard InChI is InChI=1S/C18H15N3O3S/c22-17(14-7-4-8-16(11-14)21(23)24)19-10-9-15-12-25-18(20-15)13-5-2-1-3-6-13/h1-8,11-12H,9-10H2,(H,19,22). The SMILES string of the molecule is O=C(NCCc1csc(-c2ccccc2)n1)c1cccc([N+](=O)[O-])c1. The number of thiazole rings is 1. The molecule has 3 rings (SSSR count). The highest BCUT2D eigenvalue weighted by Gasteiger charge is 2.11. The lowest BCUT2D eigenvalue weighted by Gasteiger charge is -2.04. The minimum Gasteiger partial charge on any atom is -0.352 e. The number of aromatic nitrogens is 1. The maximum Gasteiger partial charge on any atom is 0.270 e. The number of benzene rings is 2. The fourth-order valence-corrected chi connectivity index (χ4v) is 3.16. The Bertz CT molecular complexity index is 893. The average molecular weight is 353 g/mol. The lowest BCUT2D eigenvalue weighted by molar-refractivity contribution is -0.384. The Kier molecular flexibility index (Phi) is 5.15. The largest absolute Gasteiger partial charge is 0.352 e. The van der Waals surface area contributed by atoms with E-state index in [9.17, 15) is 14.9 Å². The van der Waals surface area contributed by atoms with Gasteiger partial charge in [0.1, 0.15) is 5.01 Å². The zero-order valence-electron chi connectivity index (χ0n) is 13.2. The number of hydrogen-bond acceptors (Lipinski definition) is 5. The van der Waals surface area contributed by atoms with Crippen LogP contribution in [0, 0.1) is 10.1 Å². The van der Waals surface area contributed by atoms with Crippen LogP contribution in [-0.2, 0) is 6.42 Å². The molecule has 0 fully saturated rings. The van der Waals surface area contributed by atoms with Gasteiger partial charge in [0.05, 0.1) is 10.6 Å². The van der Waals surface area contributed by atoms with Gasteiger partial charge in [-0.1, -0.05) is 36.4 Å². The second kappa shape index (κ2) is 7.67. The normalized spacial score (nSPS) is 10.4. The fraction of sp³-hybridized carbons (Fsp3) is 0.111. The number of hydrogen-bond donors (Lipinski definition) is 1. The number of carbonyl (C=O) groups excluding carboxylic acids is 1. The molecular weight excluding hydrogens is 338 g/mol. The van der Waals surface area contributed by atoms with E-state index in [0.717, 1.165) is 16.3 Å². The number of non-ortho nitro benzene ring substituents is 1. The molecule has 0 aliphatic carbocycles. The molecule has 0 radical (unpaired) electrons. The molecule has 0 atom stereocenters. The van der Waals surface area contributed by atoms with Crippen LogP contribution < -0.4 is 5.32 Å². The summed E-state index contributed by atoms with van der Waals surface area (Å²) in [5, 5.41) is 16.4. The molecule has 0 bridgehead atoms. The van der Waals surface area contributed by atoms with Crippen LogP contribution in [0.5, 0.6) is 0 Å². The van der Waals surface area contributed by atoms with Crippen molar-refractivity contribution in [1.82, 2.24) is 10.3 Å². The quantitative estimate of drug-likeness (QED) is 0.541. The maximum atomic E-state index is 12.1. The number of nitrogens with one attached hydrogen (secondary N) is 1. The predicted octanol–water partition coefficient (Wildman–Crippen LogP) is 3.69. The minimum atomic E-state index is -0.517. The number of nitro benzene ring substituents is 1. The first-order valence-electron chi connectivity index (χ1n) is 7.66. The summed E-state index contributed by atoms with van der Waals surface area (Å²) in [6.07, 6.45) is 0.601. The Morgan fingerprint density at radius 1 is 1.16 bits per heavy atom. The topological polar surface area (TPSA) is 85.1 Å².